The molecule has 0 heterocycles. The quantitative estimate of drug-likeness (QED) is 0.627. The van der Waals surface area contributed by atoms with Gasteiger partial charge in [-0.25, -0.2) is 0 Å². The monoisotopic (exact) mass is 154 g/mol. The van der Waals surface area contributed by atoms with Crippen LogP contribution in [0.25, 0.3) is 0 Å². The van der Waals surface area contributed by atoms with E-state index in [9.17, 15) is 5.11 Å². The van der Waals surface area contributed by atoms with Gasteiger partial charge in [0.05, 0.1) is 0 Å². The first-order valence-electron chi connectivity index (χ1n) is 3.07. The second-order valence-corrected chi connectivity index (χ2v) is 3.02. The summed E-state index contributed by atoms with van der Waals surface area (Å²) < 4.78 is 0. The van der Waals surface area contributed by atoms with Crippen LogP contribution in [0.1, 0.15) is 5.56 Å². The second-order valence-electron chi connectivity index (χ2n) is 2.18. The van der Waals surface area contributed by atoms with Gasteiger partial charge in [0.1, 0.15) is 5.75 Å². The number of phenolic OH excluding ortho intramolecular Hbond substituents is 1. The average Bonchev–Trinajstić information content (AvgIpc) is 1.88. The lowest BCUT2D eigenvalue weighted by molar-refractivity contribution is 0.462. The Labute approximate surface area is 65.1 Å². The molecule has 0 unspecified atom stereocenters. The van der Waals surface area contributed by atoms with Crippen LogP contribution in [-0.4, -0.2) is 11.4 Å². The Hall–Kier alpha value is -0.630. The highest BCUT2D eigenvalue weighted by atomic mass is 32.2. The molecule has 10 heavy (non-hydrogen) atoms. The van der Waals surface area contributed by atoms with Gasteiger partial charge in [0, 0.05) is 4.90 Å². The van der Waals surface area contributed by atoms with Crippen molar-refractivity contribution in [2.24, 2.45) is 0 Å². The molecule has 1 aromatic carbocycles. The van der Waals surface area contributed by atoms with Crippen molar-refractivity contribution in [1.82, 2.24) is 0 Å². The van der Waals surface area contributed by atoms with E-state index in [0.717, 1.165) is 10.5 Å². The van der Waals surface area contributed by atoms with E-state index in [1.165, 1.54) is 0 Å². The Balaban J connectivity index is 3.07. The number of phenols is 1. The number of benzene rings is 1. The van der Waals surface area contributed by atoms with Gasteiger partial charge in [0.2, 0.25) is 0 Å². The van der Waals surface area contributed by atoms with Gasteiger partial charge in [-0.2, -0.15) is 0 Å². The van der Waals surface area contributed by atoms with Gasteiger partial charge in [-0.15, -0.1) is 11.8 Å². The molecule has 0 saturated heterocycles. The summed E-state index contributed by atoms with van der Waals surface area (Å²) in [6, 6.07) is 5.69. The summed E-state index contributed by atoms with van der Waals surface area (Å²) in [5.74, 6) is 0.382. The highest BCUT2D eigenvalue weighted by Gasteiger charge is 1.96. The molecule has 0 aliphatic heterocycles. The number of hydrogen-bond donors (Lipinski definition) is 1. The van der Waals surface area contributed by atoms with Gasteiger partial charge in [0.15, 0.2) is 0 Å². The lowest BCUT2D eigenvalue weighted by Gasteiger charge is -2.00. The van der Waals surface area contributed by atoms with Crippen molar-refractivity contribution >= 4 is 11.8 Å². The lowest BCUT2D eigenvalue weighted by Crippen LogP contribution is -1.74. The molecule has 0 radical (unpaired) electrons. The third-order valence-corrected chi connectivity index (χ3v) is 2.12. The molecule has 0 spiro atoms. The molecular weight excluding hydrogens is 144 g/mol. The molecule has 2 heteroatoms. The van der Waals surface area contributed by atoms with Crippen molar-refractivity contribution in [2.75, 3.05) is 6.26 Å². The minimum Gasteiger partial charge on any atom is -0.507 e. The largest absolute Gasteiger partial charge is 0.507 e. The van der Waals surface area contributed by atoms with Crippen molar-refractivity contribution in [3.63, 3.8) is 0 Å². The third-order valence-electron chi connectivity index (χ3n) is 1.33. The second kappa shape index (κ2) is 2.97. The Kier molecular flexibility index (Phi) is 2.22. The van der Waals surface area contributed by atoms with E-state index < -0.39 is 0 Å². The Morgan fingerprint density at radius 2 is 2.10 bits per heavy atom. The predicted octanol–water partition coefficient (Wildman–Crippen LogP) is 2.42. The SMILES string of the molecule is CSc1ccc(C)cc1O. The zero-order valence-electron chi connectivity index (χ0n) is 6.09. The van der Waals surface area contributed by atoms with Gasteiger partial charge in [0.25, 0.3) is 0 Å². The summed E-state index contributed by atoms with van der Waals surface area (Å²) in [5, 5.41) is 9.27. The molecule has 1 N–H and O–H groups in total. The Morgan fingerprint density at radius 1 is 1.40 bits per heavy atom. The van der Waals surface area contributed by atoms with Crippen LogP contribution < -0.4 is 0 Å². The highest BCUT2D eigenvalue weighted by molar-refractivity contribution is 7.98. The molecule has 0 amide bonds. The topological polar surface area (TPSA) is 20.2 Å². The van der Waals surface area contributed by atoms with Crippen molar-refractivity contribution in [2.45, 2.75) is 11.8 Å². The maximum Gasteiger partial charge on any atom is 0.129 e. The fraction of sp³-hybridized carbons (Fsp3) is 0.250. The molecule has 0 aliphatic carbocycles. The summed E-state index contributed by atoms with van der Waals surface area (Å²) >= 11 is 1.55. The van der Waals surface area contributed by atoms with Crippen LogP contribution in [-0.2, 0) is 0 Å². The number of thioether (sulfide) groups is 1. The summed E-state index contributed by atoms with van der Waals surface area (Å²) in [5.41, 5.74) is 1.09. The molecular formula is C8H10OS. The summed E-state index contributed by atoms with van der Waals surface area (Å²) in [6.45, 7) is 1.96. The van der Waals surface area contributed by atoms with Gasteiger partial charge in [-0.1, -0.05) is 6.07 Å². The molecule has 1 rings (SSSR count). The Bertz CT molecular complexity index is 233. The fourth-order valence-electron chi connectivity index (χ4n) is 0.800. The van der Waals surface area contributed by atoms with Crippen LogP contribution in [0.3, 0.4) is 0 Å². The van der Waals surface area contributed by atoms with E-state index in [1.54, 1.807) is 17.8 Å². The number of aryl methyl sites for hydroxylation is 1. The van der Waals surface area contributed by atoms with Crippen LogP contribution in [0.2, 0.25) is 0 Å². The maximum atomic E-state index is 9.27. The molecule has 0 aliphatic rings. The third kappa shape index (κ3) is 1.45. The minimum absolute atomic E-state index is 0.382. The first kappa shape index (κ1) is 7.48. The van der Waals surface area contributed by atoms with Crippen LogP contribution >= 0.6 is 11.8 Å². The highest BCUT2D eigenvalue weighted by Crippen LogP contribution is 2.26. The van der Waals surface area contributed by atoms with Gasteiger partial charge in [-0.05, 0) is 30.9 Å². The van der Waals surface area contributed by atoms with Crippen LogP contribution in [0.5, 0.6) is 5.75 Å². The molecule has 54 valence electrons. The number of hydrogen-bond acceptors (Lipinski definition) is 2. The van der Waals surface area contributed by atoms with Crippen LogP contribution in [0, 0.1) is 6.92 Å². The maximum absolute atomic E-state index is 9.27. The smallest absolute Gasteiger partial charge is 0.129 e. The average molecular weight is 154 g/mol. The number of rotatable bonds is 1. The first-order valence-corrected chi connectivity index (χ1v) is 4.30. The predicted molar refractivity (Wildman–Crippen MR) is 44.6 cm³/mol. The van der Waals surface area contributed by atoms with Crippen molar-refractivity contribution < 1.29 is 5.11 Å². The van der Waals surface area contributed by atoms with E-state index in [2.05, 4.69) is 0 Å². The molecule has 0 fully saturated rings. The minimum atomic E-state index is 0.382. The van der Waals surface area contributed by atoms with Gasteiger partial charge >= 0.3 is 0 Å². The van der Waals surface area contributed by atoms with E-state index in [4.69, 9.17) is 0 Å². The number of aromatic hydroxyl groups is 1. The zero-order valence-corrected chi connectivity index (χ0v) is 6.90. The van der Waals surface area contributed by atoms with Crippen molar-refractivity contribution in [3.05, 3.63) is 23.8 Å². The Morgan fingerprint density at radius 3 is 2.60 bits per heavy atom. The van der Waals surface area contributed by atoms with Crippen LogP contribution in [0.15, 0.2) is 23.1 Å². The molecule has 0 bridgehead atoms. The van der Waals surface area contributed by atoms with Crippen molar-refractivity contribution in [1.29, 1.82) is 0 Å². The molecule has 1 aromatic rings. The standard InChI is InChI=1S/C8H10OS/c1-6-3-4-8(10-2)7(9)5-6/h3-5,9H,1-2H3. The van der Waals surface area contributed by atoms with Crippen molar-refractivity contribution in [3.8, 4) is 5.75 Å². The van der Waals surface area contributed by atoms with E-state index >= 15 is 0 Å². The summed E-state index contributed by atoms with van der Waals surface area (Å²) in [7, 11) is 0. The van der Waals surface area contributed by atoms with Gasteiger partial charge < -0.3 is 5.11 Å². The summed E-state index contributed by atoms with van der Waals surface area (Å²) in [4.78, 5) is 0.936. The van der Waals surface area contributed by atoms with Crippen LogP contribution in [0.4, 0.5) is 0 Å². The molecule has 0 atom stereocenters. The summed E-state index contributed by atoms with van der Waals surface area (Å²) in [6.07, 6.45) is 1.95. The molecule has 0 saturated carbocycles. The zero-order chi connectivity index (χ0) is 7.56. The fourth-order valence-corrected chi connectivity index (χ4v) is 1.27. The van der Waals surface area contributed by atoms with E-state index in [1.807, 2.05) is 25.3 Å². The van der Waals surface area contributed by atoms with E-state index in [-0.39, 0.29) is 0 Å². The molecule has 0 aromatic heterocycles. The first-order chi connectivity index (χ1) is 4.74. The lowest BCUT2D eigenvalue weighted by atomic mass is 10.2. The van der Waals surface area contributed by atoms with Gasteiger partial charge in [-0.3, -0.25) is 0 Å². The van der Waals surface area contributed by atoms with E-state index in [0.29, 0.717) is 5.75 Å². The normalized spacial score (nSPS) is 9.80. The molecule has 1 nitrogen and oxygen atoms in total.